The quantitative estimate of drug-likeness (QED) is 0.591. The van der Waals surface area contributed by atoms with Gasteiger partial charge in [0.1, 0.15) is 0 Å². The van der Waals surface area contributed by atoms with Gasteiger partial charge in [-0.1, -0.05) is 6.92 Å². The maximum absolute atomic E-state index is 10.7. The highest BCUT2D eigenvalue weighted by Crippen LogP contribution is 2.11. The lowest BCUT2D eigenvalue weighted by molar-refractivity contribution is -0.122. The predicted octanol–water partition coefficient (Wildman–Crippen LogP) is -0.454. The minimum atomic E-state index is -3.79. The molecule has 1 unspecified atom stereocenters. The first kappa shape index (κ1) is 8.48. The van der Waals surface area contributed by atoms with Gasteiger partial charge < -0.3 is 0 Å². The molecule has 0 aromatic rings. The summed E-state index contributed by atoms with van der Waals surface area (Å²) in [6.45, 7) is 1.76. The molecule has 0 saturated carbocycles. The Bertz CT molecular complexity index is 258. The SMILES string of the molecule is CCC1CC(=O)NS(=O)(=O)O1. The Labute approximate surface area is 65.0 Å². The van der Waals surface area contributed by atoms with Crippen molar-refractivity contribution in [2.45, 2.75) is 25.9 Å². The van der Waals surface area contributed by atoms with E-state index in [2.05, 4.69) is 4.18 Å². The molecule has 64 valence electrons. The molecular formula is C5H9NO4S. The predicted molar refractivity (Wildman–Crippen MR) is 36.8 cm³/mol. The van der Waals surface area contributed by atoms with Gasteiger partial charge in [-0.25, -0.2) is 8.91 Å². The van der Waals surface area contributed by atoms with Gasteiger partial charge in [0.25, 0.3) is 0 Å². The number of carbonyl (C=O) groups excluding carboxylic acids is 1. The maximum atomic E-state index is 10.7. The van der Waals surface area contributed by atoms with E-state index in [9.17, 15) is 13.2 Å². The van der Waals surface area contributed by atoms with Crippen LogP contribution in [-0.4, -0.2) is 20.4 Å². The van der Waals surface area contributed by atoms with E-state index >= 15 is 0 Å². The fourth-order valence-corrected chi connectivity index (χ4v) is 1.81. The van der Waals surface area contributed by atoms with Crippen molar-refractivity contribution < 1.29 is 17.4 Å². The molecule has 0 radical (unpaired) electrons. The Morgan fingerprint density at radius 2 is 2.36 bits per heavy atom. The van der Waals surface area contributed by atoms with Crippen molar-refractivity contribution in [3.8, 4) is 0 Å². The Morgan fingerprint density at radius 3 is 2.82 bits per heavy atom. The van der Waals surface area contributed by atoms with Crippen LogP contribution in [0.1, 0.15) is 19.8 Å². The Balaban J connectivity index is 2.74. The fourth-order valence-electron chi connectivity index (χ4n) is 0.837. The molecule has 11 heavy (non-hydrogen) atoms. The monoisotopic (exact) mass is 179 g/mol. The van der Waals surface area contributed by atoms with E-state index in [1.807, 2.05) is 0 Å². The molecule has 0 spiro atoms. The fraction of sp³-hybridized carbons (Fsp3) is 0.800. The molecule has 1 fully saturated rings. The molecule has 1 N–H and O–H groups in total. The molecule has 1 rings (SSSR count). The van der Waals surface area contributed by atoms with Gasteiger partial charge in [-0.05, 0) is 6.42 Å². The average molecular weight is 179 g/mol. The first-order chi connectivity index (χ1) is 5.03. The average Bonchev–Trinajstić information content (AvgIpc) is 1.83. The van der Waals surface area contributed by atoms with Crippen LogP contribution in [0, 0.1) is 0 Å². The third-order valence-corrected chi connectivity index (χ3v) is 2.37. The van der Waals surface area contributed by atoms with Crippen LogP contribution in [0.2, 0.25) is 0 Å². The standard InChI is InChI=1S/C5H9NO4S/c1-2-4-3-5(7)6-11(8,9)10-4/h4H,2-3H2,1H3,(H,6,7). The number of rotatable bonds is 1. The molecule has 1 saturated heterocycles. The first-order valence-corrected chi connectivity index (χ1v) is 4.68. The summed E-state index contributed by atoms with van der Waals surface area (Å²) in [5.74, 6) is -0.497. The molecule has 6 heteroatoms. The molecule has 1 heterocycles. The van der Waals surface area contributed by atoms with Crippen LogP contribution in [0.15, 0.2) is 0 Å². The van der Waals surface area contributed by atoms with Crippen molar-refractivity contribution in [1.29, 1.82) is 0 Å². The summed E-state index contributed by atoms with van der Waals surface area (Å²) in [5, 5.41) is 0. The number of hydrogen-bond acceptors (Lipinski definition) is 4. The molecule has 1 aliphatic heterocycles. The largest absolute Gasteiger partial charge is 0.362 e. The number of carbonyl (C=O) groups is 1. The van der Waals surface area contributed by atoms with E-state index in [-0.39, 0.29) is 6.42 Å². The van der Waals surface area contributed by atoms with Crippen molar-refractivity contribution in [3.63, 3.8) is 0 Å². The van der Waals surface area contributed by atoms with Gasteiger partial charge in [-0.3, -0.25) is 4.79 Å². The minimum Gasteiger partial charge on any atom is -0.274 e. The lowest BCUT2D eigenvalue weighted by Crippen LogP contribution is -2.42. The van der Waals surface area contributed by atoms with Crippen LogP contribution in [0.4, 0.5) is 0 Å². The van der Waals surface area contributed by atoms with Gasteiger partial charge in [0.15, 0.2) is 0 Å². The summed E-state index contributed by atoms with van der Waals surface area (Å²) in [6.07, 6.45) is 0.149. The summed E-state index contributed by atoms with van der Waals surface area (Å²) < 4.78 is 27.6. The Morgan fingerprint density at radius 1 is 1.73 bits per heavy atom. The maximum Gasteiger partial charge on any atom is 0.362 e. The summed E-state index contributed by atoms with van der Waals surface area (Å²) in [6, 6.07) is 0. The Hall–Kier alpha value is -0.620. The zero-order valence-corrected chi connectivity index (χ0v) is 6.85. The highest BCUT2D eigenvalue weighted by Gasteiger charge is 2.28. The second-order valence-electron chi connectivity index (χ2n) is 2.31. The van der Waals surface area contributed by atoms with Gasteiger partial charge in [0, 0.05) is 0 Å². The third kappa shape index (κ3) is 2.16. The summed E-state index contributed by atoms with van der Waals surface area (Å²) in [5.41, 5.74) is 0. The zero-order chi connectivity index (χ0) is 8.48. The molecule has 0 bridgehead atoms. The zero-order valence-electron chi connectivity index (χ0n) is 6.03. The van der Waals surface area contributed by atoms with Crippen LogP contribution >= 0.6 is 0 Å². The van der Waals surface area contributed by atoms with E-state index < -0.39 is 22.3 Å². The van der Waals surface area contributed by atoms with E-state index in [0.717, 1.165) is 0 Å². The number of hydrogen-bond donors (Lipinski definition) is 1. The Kier molecular flexibility index (Phi) is 2.15. The third-order valence-electron chi connectivity index (χ3n) is 1.37. The summed E-state index contributed by atoms with van der Waals surface area (Å²) in [4.78, 5) is 10.7. The molecule has 1 aliphatic rings. The molecule has 0 aromatic heterocycles. The van der Waals surface area contributed by atoms with Crippen LogP contribution in [0.3, 0.4) is 0 Å². The molecule has 1 atom stereocenters. The van der Waals surface area contributed by atoms with Gasteiger partial charge in [-0.15, -0.1) is 0 Å². The lowest BCUT2D eigenvalue weighted by Gasteiger charge is -2.20. The molecular weight excluding hydrogens is 170 g/mol. The van der Waals surface area contributed by atoms with E-state index in [1.54, 1.807) is 11.6 Å². The molecule has 5 nitrogen and oxygen atoms in total. The lowest BCUT2D eigenvalue weighted by atomic mass is 10.2. The van der Waals surface area contributed by atoms with Crippen LogP contribution in [-0.2, 0) is 19.3 Å². The van der Waals surface area contributed by atoms with E-state index in [1.165, 1.54) is 0 Å². The van der Waals surface area contributed by atoms with E-state index in [0.29, 0.717) is 6.42 Å². The van der Waals surface area contributed by atoms with Gasteiger partial charge in [-0.2, -0.15) is 8.42 Å². The smallest absolute Gasteiger partial charge is 0.274 e. The van der Waals surface area contributed by atoms with Crippen LogP contribution in [0.5, 0.6) is 0 Å². The highest BCUT2D eigenvalue weighted by atomic mass is 32.2. The van der Waals surface area contributed by atoms with Crippen molar-refractivity contribution >= 4 is 16.2 Å². The number of amides is 1. The first-order valence-electron chi connectivity index (χ1n) is 3.27. The summed E-state index contributed by atoms with van der Waals surface area (Å²) in [7, 11) is -3.79. The van der Waals surface area contributed by atoms with Crippen LogP contribution in [0.25, 0.3) is 0 Å². The van der Waals surface area contributed by atoms with E-state index in [4.69, 9.17) is 0 Å². The number of nitrogens with one attached hydrogen (secondary N) is 1. The van der Waals surface area contributed by atoms with Crippen LogP contribution < -0.4 is 4.72 Å². The highest BCUT2D eigenvalue weighted by molar-refractivity contribution is 7.85. The minimum absolute atomic E-state index is 0.121. The second-order valence-corrected chi connectivity index (χ2v) is 3.61. The second kappa shape index (κ2) is 2.78. The van der Waals surface area contributed by atoms with Crippen molar-refractivity contribution in [1.82, 2.24) is 4.72 Å². The van der Waals surface area contributed by atoms with Gasteiger partial charge in [0.2, 0.25) is 5.91 Å². The molecule has 0 aromatic carbocycles. The molecule has 1 amide bonds. The normalized spacial score (nSPS) is 29.5. The topological polar surface area (TPSA) is 72.5 Å². The van der Waals surface area contributed by atoms with Crippen molar-refractivity contribution in [3.05, 3.63) is 0 Å². The van der Waals surface area contributed by atoms with Crippen molar-refractivity contribution in [2.24, 2.45) is 0 Å². The summed E-state index contributed by atoms with van der Waals surface area (Å²) >= 11 is 0. The van der Waals surface area contributed by atoms with Gasteiger partial charge >= 0.3 is 10.3 Å². The molecule has 0 aliphatic carbocycles. The van der Waals surface area contributed by atoms with Gasteiger partial charge in [0.05, 0.1) is 12.5 Å². The van der Waals surface area contributed by atoms with Crippen molar-refractivity contribution in [2.75, 3.05) is 0 Å².